The van der Waals surface area contributed by atoms with Crippen molar-refractivity contribution in [3.63, 3.8) is 0 Å². The summed E-state index contributed by atoms with van der Waals surface area (Å²) in [6.45, 7) is 5.94. The van der Waals surface area contributed by atoms with Crippen LogP contribution >= 0.6 is 0 Å². The molecule has 1 N–H and O–H groups in total. The van der Waals surface area contributed by atoms with Gasteiger partial charge in [0.25, 0.3) is 5.69 Å². The van der Waals surface area contributed by atoms with Gasteiger partial charge in [0.1, 0.15) is 5.75 Å². The van der Waals surface area contributed by atoms with E-state index in [1.165, 1.54) is 19.2 Å². The topological polar surface area (TPSA) is 67.6 Å². The second kappa shape index (κ2) is 6.56. The number of hydrogen-bond donors (Lipinski definition) is 1. The molecular formula is C14H23N3O3. The molecule has 0 amide bonds. The maximum Gasteiger partial charge on any atom is 0.275 e. The third kappa shape index (κ3) is 5.05. The average Bonchev–Trinajstić information content (AvgIpc) is 2.34. The van der Waals surface area contributed by atoms with E-state index < -0.39 is 4.92 Å². The van der Waals surface area contributed by atoms with E-state index in [-0.39, 0.29) is 11.1 Å². The molecule has 0 atom stereocenters. The van der Waals surface area contributed by atoms with Crippen LogP contribution in [0.5, 0.6) is 5.75 Å². The van der Waals surface area contributed by atoms with E-state index in [0.717, 1.165) is 13.1 Å². The molecule has 0 aromatic heterocycles. The second-order valence-electron chi connectivity index (χ2n) is 5.93. The van der Waals surface area contributed by atoms with Crippen LogP contribution in [0.4, 0.5) is 11.4 Å². The Morgan fingerprint density at radius 1 is 1.35 bits per heavy atom. The van der Waals surface area contributed by atoms with Crippen LogP contribution in [0.3, 0.4) is 0 Å². The number of nitro groups is 1. The molecule has 0 saturated heterocycles. The zero-order chi connectivity index (χ0) is 15.3. The zero-order valence-corrected chi connectivity index (χ0v) is 12.8. The summed E-state index contributed by atoms with van der Waals surface area (Å²) in [5.41, 5.74) is 0.779. The van der Waals surface area contributed by atoms with Gasteiger partial charge in [0.05, 0.1) is 18.1 Å². The van der Waals surface area contributed by atoms with Gasteiger partial charge in [0.2, 0.25) is 0 Å². The molecule has 1 aromatic rings. The first-order valence-corrected chi connectivity index (χ1v) is 6.45. The Balaban J connectivity index is 2.82. The van der Waals surface area contributed by atoms with Crippen molar-refractivity contribution in [1.82, 2.24) is 4.90 Å². The summed E-state index contributed by atoms with van der Waals surface area (Å²) in [4.78, 5) is 12.6. The largest absolute Gasteiger partial charge is 0.496 e. The number of rotatable bonds is 7. The summed E-state index contributed by atoms with van der Waals surface area (Å²) in [6, 6.07) is 4.70. The summed E-state index contributed by atoms with van der Waals surface area (Å²) >= 11 is 0. The number of nitro benzene ring substituents is 1. The molecule has 20 heavy (non-hydrogen) atoms. The molecule has 1 rings (SSSR count). The van der Waals surface area contributed by atoms with Crippen molar-refractivity contribution in [3.05, 3.63) is 28.3 Å². The first-order valence-electron chi connectivity index (χ1n) is 6.45. The van der Waals surface area contributed by atoms with Crippen molar-refractivity contribution >= 4 is 11.4 Å². The Kier molecular flexibility index (Phi) is 5.33. The predicted octanol–water partition coefficient (Wildman–Crippen LogP) is 2.60. The summed E-state index contributed by atoms with van der Waals surface area (Å²) in [5.74, 6) is 0.479. The molecule has 0 saturated carbocycles. The fourth-order valence-corrected chi connectivity index (χ4v) is 2.16. The van der Waals surface area contributed by atoms with Crippen LogP contribution in [-0.4, -0.2) is 44.1 Å². The molecular weight excluding hydrogens is 258 g/mol. The van der Waals surface area contributed by atoms with Crippen molar-refractivity contribution in [2.45, 2.75) is 13.8 Å². The third-order valence-electron chi connectivity index (χ3n) is 2.85. The first kappa shape index (κ1) is 16.2. The van der Waals surface area contributed by atoms with Gasteiger partial charge in [-0.2, -0.15) is 0 Å². The van der Waals surface area contributed by atoms with Crippen LogP contribution in [0, 0.1) is 15.5 Å². The van der Waals surface area contributed by atoms with Crippen LogP contribution < -0.4 is 10.1 Å². The van der Waals surface area contributed by atoms with E-state index >= 15 is 0 Å². The van der Waals surface area contributed by atoms with E-state index in [4.69, 9.17) is 4.74 Å². The molecule has 0 aliphatic rings. The van der Waals surface area contributed by atoms with Gasteiger partial charge in [0, 0.05) is 30.9 Å². The van der Waals surface area contributed by atoms with Gasteiger partial charge >= 0.3 is 0 Å². The minimum atomic E-state index is -0.418. The Morgan fingerprint density at radius 2 is 2.00 bits per heavy atom. The van der Waals surface area contributed by atoms with E-state index in [0.29, 0.717) is 11.4 Å². The lowest BCUT2D eigenvalue weighted by Crippen LogP contribution is -2.34. The Bertz CT molecular complexity index is 473. The smallest absolute Gasteiger partial charge is 0.275 e. The highest BCUT2D eigenvalue weighted by molar-refractivity contribution is 5.56. The average molecular weight is 281 g/mol. The van der Waals surface area contributed by atoms with Crippen molar-refractivity contribution in [2.75, 3.05) is 39.6 Å². The molecule has 0 fully saturated rings. The number of nitrogens with zero attached hydrogens (tertiary/aromatic N) is 2. The van der Waals surface area contributed by atoms with Crippen molar-refractivity contribution in [1.29, 1.82) is 0 Å². The molecule has 0 heterocycles. The van der Waals surface area contributed by atoms with E-state index in [1.54, 1.807) is 6.07 Å². The third-order valence-corrected chi connectivity index (χ3v) is 2.85. The monoisotopic (exact) mass is 281 g/mol. The highest BCUT2D eigenvalue weighted by Crippen LogP contribution is 2.27. The molecule has 0 radical (unpaired) electrons. The van der Waals surface area contributed by atoms with Crippen LogP contribution in [0.25, 0.3) is 0 Å². The Labute approximate surface area is 119 Å². The van der Waals surface area contributed by atoms with E-state index in [2.05, 4.69) is 24.1 Å². The number of benzene rings is 1. The zero-order valence-electron chi connectivity index (χ0n) is 12.8. The van der Waals surface area contributed by atoms with Gasteiger partial charge in [-0.1, -0.05) is 13.8 Å². The van der Waals surface area contributed by atoms with Gasteiger partial charge in [-0.05, 0) is 19.5 Å². The van der Waals surface area contributed by atoms with Gasteiger partial charge in [-0.3, -0.25) is 10.1 Å². The summed E-state index contributed by atoms with van der Waals surface area (Å²) in [6.07, 6.45) is 0. The molecule has 0 bridgehead atoms. The number of non-ortho nitro benzene ring substituents is 1. The highest BCUT2D eigenvalue weighted by atomic mass is 16.6. The Morgan fingerprint density at radius 3 is 2.50 bits per heavy atom. The SMILES string of the molecule is COc1cc(NCC(C)(C)CN(C)C)cc([N+](=O)[O-])c1. The van der Waals surface area contributed by atoms with Gasteiger partial charge in [-0.25, -0.2) is 0 Å². The van der Waals surface area contributed by atoms with E-state index in [1.807, 2.05) is 14.1 Å². The number of anilines is 1. The maximum absolute atomic E-state index is 10.9. The fraction of sp³-hybridized carbons (Fsp3) is 0.571. The van der Waals surface area contributed by atoms with Crippen LogP contribution in [0.2, 0.25) is 0 Å². The minimum Gasteiger partial charge on any atom is -0.496 e. The van der Waals surface area contributed by atoms with Crippen molar-refractivity contribution in [3.8, 4) is 5.75 Å². The summed E-state index contributed by atoms with van der Waals surface area (Å²) in [5, 5.41) is 14.1. The lowest BCUT2D eigenvalue weighted by molar-refractivity contribution is -0.384. The molecule has 0 aliphatic carbocycles. The minimum absolute atomic E-state index is 0.0252. The van der Waals surface area contributed by atoms with Gasteiger partial charge < -0.3 is 15.0 Å². The lowest BCUT2D eigenvalue weighted by atomic mass is 9.93. The Hall–Kier alpha value is -1.82. The number of methoxy groups -OCH3 is 1. The standard InChI is InChI=1S/C14H23N3O3/c1-14(2,10-16(3)4)9-15-11-6-12(17(18)19)8-13(7-11)20-5/h6-8,15H,9-10H2,1-5H3. The highest BCUT2D eigenvalue weighted by Gasteiger charge is 2.19. The lowest BCUT2D eigenvalue weighted by Gasteiger charge is -2.28. The van der Waals surface area contributed by atoms with Crippen molar-refractivity contribution < 1.29 is 9.66 Å². The van der Waals surface area contributed by atoms with Crippen molar-refractivity contribution in [2.24, 2.45) is 5.41 Å². The van der Waals surface area contributed by atoms with E-state index in [9.17, 15) is 10.1 Å². The van der Waals surface area contributed by atoms with Crippen LogP contribution in [0.15, 0.2) is 18.2 Å². The molecule has 6 heteroatoms. The molecule has 6 nitrogen and oxygen atoms in total. The first-order chi connectivity index (χ1) is 9.23. The fourth-order valence-electron chi connectivity index (χ4n) is 2.16. The molecule has 1 aromatic carbocycles. The predicted molar refractivity (Wildman–Crippen MR) is 80.5 cm³/mol. The number of hydrogen-bond acceptors (Lipinski definition) is 5. The molecule has 112 valence electrons. The van der Waals surface area contributed by atoms with Crippen LogP contribution in [-0.2, 0) is 0 Å². The van der Waals surface area contributed by atoms with Crippen LogP contribution in [0.1, 0.15) is 13.8 Å². The van der Waals surface area contributed by atoms with Gasteiger partial charge in [0.15, 0.2) is 0 Å². The number of ether oxygens (including phenoxy) is 1. The quantitative estimate of drug-likeness (QED) is 0.614. The van der Waals surface area contributed by atoms with Gasteiger partial charge in [-0.15, -0.1) is 0 Å². The number of nitrogens with one attached hydrogen (secondary N) is 1. The normalized spacial score (nSPS) is 11.5. The molecule has 0 spiro atoms. The summed E-state index contributed by atoms with van der Waals surface area (Å²) < 4.78 is 5.09. The molecule has 0 aliphatic heterocycles. The maximum atomic E-state index is 10.9. The second-order valence-corrected chi connectivity index (χ2v) is 5.93. The summed E-state index contributed by atoms with van der Waals surface area (Å²) in [7, 11) is 5.55. The molecule has 0 unspecified atom stereocenters.